The van der Waals surface area contributed by atoms with Crippen molar-refractivity contribution < 1.29 is 14.3 Å². The normalized spacial score (nSPS) is 10.1. The highest BCUT2D eigenvalue weighted by molar-refractivity contribution is 6.04. The monoisotopic (exact) mass is 375 g/mol. The van der Waals surface area contributed by atoms with Crippen LogP contribution >= 0.6 is 0 Å². The van der Waals surface area contributed by atoms with Gasteiger partial charge in [-0.1, -0.05) is 24.3 Å². The summed E-state index contributed by atoms with van der Waals surface area (Å²) < 4.78 is 7.06. The molecule has 1 aromatic heterocycles. The summed E-state index contributed by atoms with van der Waals surface area (Å²) in [6, 6.07) is 16.0. The average Bonchev–Trinajstić information content (AvgIpc) is 3.12. The molecular weight excluding hydrogens is 358 g/mol. The van der Waals surface area contributed by atoms with Gasteiger partial charge in [0.05, 0.1) is 23.5 Å². The summed E-state index contributed by atoms with van der Waals surface area (Å²) in [7, 11) is 0. The van der Waals surface area contributed by atoms with Crippen molar-refractivity contribution in [2.24, 2.45) is 5.73 Å². The van der Waals surface area contributed by atoms with Crippen molar-refractivity contribution in [3.63, 3.8) is 0 Å². The lowest BCUT2D eigenvalue weighted by Crippen LogP contribution is -2.18. The zero-order valence-electron chi connectivity index (χ0n) is 14.8. The van der Waals surface area contributed by atoms with E-state index in [4.69, 9.17) is 15.7 Å². The number of primary amides is 1. The van der Waals surface area contributed by atoms with Crippen LogP contribution in [-0.2, 0) is 17.9 Å². The van der Waals surface area contributed by atoms with Crippen molar-refractivity contribution in [3.05, 3.63) is 77.6 Å². The summed E-state index contributed by atoms with van der Waals surface area (Å²) in [5, 5.41) is 15.8. The fourth-order valence-corrected chi connectivity index (χ4v) is 2.52. The third-order valence-corrected chi connectivity index (χ3v) is 3.84. The highest BCUT2D eigenvalue weighted by Crippen LogP contribution is 2.18. The Morgan fingerprint density at radius 3 is 2.82 bits per heavy atom. The second-order valence-corrected chi connectivity index (χ2v) is 5.93. The lowest BCUT2D eigenvalue weighted by atomic mass is 10.1. The highest BCUT2D eigenvalue weighted by Gasteiger charge is 2.10. The molecule has 0 saturated heterocycles. The molecule has 1 heterocycles. The molecule has 3 rings (SSSR count). The molecule has 0 aliphatic carbocycles. The van der Waals surface area contributed by atoms with Crippen molar-refractivity contribution in [3.8, 4) is 11.8 Å². The first-order valence-corrected chi connectivity index (χ1v) is 8.38. The molecule has 0 radical (unpaired) electrons. The van der Waals surface area contributed by atoms with E-state index in [1.54, 1.807) is 36.4 Å². The van der Waals surface area contributed by atoms with Crippen LogP contribution in [0.1, 0.15) is 21.5 Å². The van der Waals surface area contributed by atoms with Gasteiger partial charge in [-0.25, -0.2) is 0 Å². The Morgan fingerprint density at radius 2 is 2.04 bits per heavy atom. The average molecular weight is 375 g/mol. The largest absolute Gasteiger partial charge is 0.489 e. The lowest BCUT2D eigenvalue weighted by molar-refractivity contribution is -0.118. The number of aromatic nitrogens is 2. The van der Waals surface area contributed by atoms with Crippen molar-refractivity contribution in [2.45, 2.75) is 13.2 Å². The summed E-state index contributed by atoms with van der Waals surface area (Å²) in [4.78, 5) is 23.3. The number of rotatable bonds is 7. The number of carbonyl (C=O) groups excluding carboxylic acids is 2. The molecule has 0 unspecified atom stereocenters. The maximum atomic E-state index is 12.4. The predicted octanol–water partition coefficient (Wildman–Crippen LogP) is 2.07. The topological polar surface area (TPSA) is 123 Å². The SMILES string of the molecule is N#Cc1ccccc1COc1cccc(C(=O)Nc2cnn(CC(N)=O)c2)c1. The zero-order valence-corrected chi connectivity index (χ0v) is 14.8. The number of nitrogens with one attached hydrogen (secondary N) is 1. The third-order valence-electron chi connectivity index (χ3n) is 3.84. The Morgan fingerprint density at radius 1 is 1.21 bits per heavy atom. The summed E-state index contributed by atoms with van der Waals surface area (Å²) in [6.45, 7) is 0.151. The van der Waals surface area contributed by atoms with Crippen LogP contribution in [0.3, 0.4) is 0 Å². The van der Waals surface area contributed by atoms with Crippen LogP contribution < -0.4 is 15.8 Å². The number of nitrogens with zero attached hydrogens (tertiary/aromatic N) is 3. The van der Waals surface area contributed by atoms with E-state index < -0.39 is 5.91 Å². The van der Waals surface area contributed by atoms with E-state index >= 15 is 0 Å². The number of carbonyl (C=O) groups is 2. The molecule has 3 N–H and O–H groups in total. The summed E-state index contributed by atoms with van der Waals surface area (Å²) in [6.07, 6.45) is 2.95. The molecule has 2 aromatic carbocycles. The van der Waals surface area contributed by atoms with Gasteiger partial charge in [0.1, 0.15) is 18.9 Å². The second kappa shape index (κ2) is 8.51. The molecule has 8 heteroatoms. The number of nitrogens with two attached hydrogens (primary N) is 1. The summed E-state index contributed by atoms with van der Waals surface area (Å²) >= 11 is 0. The molecule has 0 aliphatic heterocycles. The Balaban J connectivity index is 1.65. The fourth-order valence-electron chi connectivity index (χ4n) is 2.52. The minimum atomic E-state index is -0.524. The minimum Gasteiger partial charge on any atom is -0.489 e. The van der Waals surface area contributed by atoms with Crippen LogP contribution in [0.4, 0.5) is 5.69 Å². The predicted molar refractivity (Wildman–Crippen MR) is 101 cm³/mol. The van der Waals surface area contributed by atoms with E-state index in [9.17, 15) is 9.59 Å². The van der Waals surface area contributed by atoms with Gasteiger partial charge >= 0.3 is 0 Å². The molecule has 0 atom stereocenters. The first-order chi connectivity index (χ1) is 13.5. The molecule has 3 aromatic rings. The van der Waals surface area contributed by atoms with Gasteiger partial charge < -0.3 is 15.8 Å². The second-order valence-electron chi connectivity index (χ2n) is 5.93. The Bertz CT molecular complexity index is 1050. The molecule has 8 nitrogen and oxygen atoms in total. The van der Waals surface area contributed by atoms with E-state index in [2.05, 4.69) is 16.5 Å². The maximum Gasteiger partial charge on any atom is 0.255 e. The van der Waals surface area contributed by atoms with Gasteiger partial charge in [-0.3, -0.25) is 14.3 Å². The van der Waals surface area contributed by atoms with Crippen molar-refractivity contribution in [2.75, 3.05) is 5.32 Å². The summed E-state index contributed by atoms with van der Waals surface area (Å²) in [5.41, 5.74) is 7.27. The third kappa shape index (κ3) is 4.74. The molecule has 0 fully saturated rings. The first-order valence-electron chi connectivity index (χ1n) is 8.38. The number of amides is 2. The van der Waals surface area contributed by atoms with Crippen LogP contribution in [0.5, 0.6) is 5.75 Å². The van der Waals surface area contributed by atoms with E-state index in [1.165, 1.54) is 17.1 Å². The molecule has 0 bridgehead atoms. The molecule has 140 valence electrons. The number of ether oxygens (including phenoxy) is 1. The van der Waals surface area contributed by atoms with E-state index in [1.807, 2.05) is 12.1 Å². The van der Waals surface area contributed by atoms with Gasteiger partial charge in [0.15, 0.2) is 0 Å². The van der Waals surface area contributed by atoms with Crippen LogP contribution in [0.2, 0.25) is 0 Å². The first kappa shape index (κ1) is 18.7. The van der Waals surface area contributed by atoms with Gasteiger partial charge in [0.2, 0.25) is 5.91 Å². The van der Waals surface area contributed by atoms with E-state index in [-0.39, 0.29) is 19.1 Å². The van der Waals surface area contributed by atoms with Crippen LogP contribution in [0.25, 0.3) is 0 Å². The number of nitriles is 1. The lowest BCUT2D eigenvalue weighted by Gasteiger charge is -2.09. The zero-order chi connectivity index (χ0) is 19.9. The molecule has 0 saturated carbocycles. The Labute approximate surface area is 161 Å². The van der Waals surface area contributed by atoms with Crippen molar-refractivity contribution in [1.82, 2.24) is 9.78 Å². The smallest absolute Gasteiger partial charge is 0.255 e. The van der Waals surface area contributed by atoms with Crippen LogP contribution in [0, 0.1) is 11.3 Å². The number of anilines is 1. The highest BCUT2D eigenvalue weighted by atomic mass is 16.5. The maximum absolute atomic E-state index is 12.4. The standard InChI is InChI=1S/C20H17N5O3/c21-9-15-4-1-2-5-16(15)13-28-18-7-3-6-14(8-18)20(27)24-17-10-23-25(11-17)12-19(22)26/h1-8,10-11H,12-13H2,(H2,22,26)(H,24,27). The van der Waals surface area contributed by atoms with Gasteiger partial charge in [0, 0.05) is 17.3 Å². The van der Waals surface area contributed by atoms with E-state index in [0.717, 1.165) is 5.56 Å². The quantitative estimate of drug-likeness (QED) is 0.654. The fraction of sp³-hybridized carbons (Fsp3) is 0.100. The molecule has 2 amide bonds. The molecule has 0 aliphatic rings. The summed E-state index contributed by atoms with van der Waals surface area (Å²) in [5.74, 6) is -0.366. The van der Waals surface area contributed by atoms with Gasteiger partial charge in [-0.2, -0.15) is 10.4 Å². The molecule has 0 spiro atoms. The van der Waals surface area contributed by atoms with Crippen molar-refractivity contribution in [1.29, 1.82) is 5.26 Å². The molecule has 28 heavy (non-hydrogen) atoms. The van der Waals surface area contributed by atoms with Gasteiger partial charge in [-0.05, 0) is 24.3 Å². The van der Waals surface area contributed by atoms with Crippen LogP contribution in [0.15, 0.2) is 60.9 Å². The minimum absolute atomic E-state index is 0.0661. The number of benzene rings is 2. The number of hydrogen-bond acceptors (Lipinski definition) is 5. The van der Waals surface area contributed by atoms with Gasteiger partial charge in [-0.15, -0.1) is 0 Å². The molecular formula is C20H17N5O3. The van der Waals surface area contributed by atoms with Crippen molar-refractivity contribution >= 4 is 17.5 Å². The Kier molecular flexibility index (Phi) is 5.67. The number of hydrogen-bond donors (Lipinski definition) is 2. The Hall–Kier alpha value is -4.12. The van der Waals surface area contributed by atoms with E-state index in [0.29, 0.717) is 22.6 Å². The van der Waals surface area contributed by atoms with Crippen LogP contribution in [-0.4, -0.2) is 21.6 Å². The van der Waals surface area contributed by atoms with Gasteiger partial charge in [0.25, 0.3) is 5.91 Å².